The lowest BCUT2D eigenvalue weighted by Gasteiger charge is -2.22. The van der Waals surface area contributed by atoms with E-state index in [1.165, 1.54) is 32.1 Å². The average molecular weight is 585 g/mol. The molecule has 0 radical (unpaired) electrons. The van der Waals surface area contributed by atoms with Crippen molar-refractivity contribution in [2.24, 2.45) is 0 Å². The number of esters is 1. The number of rotatable bonds is 31. The highest BCUT2D eigenvalue weighted by Crippen LogP contribution is 2.11. The van der Waals surface area contributed by atoms with E-state index in [2.05, 4.69) is 22.5 Å². The summed E-state index contributed by atoms with van der Waals surface area (Å²) in [7, 11) is 1.66. The molecule has 0 aromatic carbocycles. The van der Waals surface area contributed by atoms with E-state index in [0.29, 0.717) is 25.4 Å². The molecule has 240 valence electrons. The molecule has 0 rings (SSSR count). The molecule has 0 saturated carbocycles. The number of nitro groups is 1. The summed E-state index contributed by atoms with van der Waals surface area (Å²) in [5.41, 5.74) is 0. The maximum atomic E-state index is 11.9. The molecule has 0 bridgehead atoms. The predicted octanol–water partition coefficient (Wildman–Crippen LogP) is 6.62. The van der Waals surface area contributed by atoms with Crippen molar-refractivity contribution in [3.63, 3.8) is 0 Å². The van der Waals surface area contributed by atoms with Crippen molar-refractivity contribution < 1.29 is 24.4 Å². The van der Waals surface area contributed by atoms with E-state index in [0.717, 1.165) is 109 Å². The molecule has 3 N–H and O–H groups in total. The fourth-order valence-corrected chi connectivity index (χ4v) is 4.76. The summed E-state index contributed by atoms with van der Waals surface area (Å²) in [4.78, 5) is 35.3. The third kappa shape index (κ3) is 28.9. The lowest BCUT2D eigenvalue weighted by molar-refractivity contribution is -0.404. The molecule has 10 heteroatoms. The zero-order valence-electron chi connectivity index (χ0n) is 26.1. The average Bonchev–Trinajstić information content (AvgIpc) is 2.94. The number of ether oxygens (including phenoxy) is 1. The van der Waals surface area contributed by atoms with Crippen molar-refractivity contribution in [1.29, 1.82) is 0 Å². The minimum atomic E-state index is -0.724. The number of carbonyl (C=O) groups is 2. The number of aliphatic carboxylic acids is 1. The lowest BCUT2D eigenvalue weighted by atomic mass is 10.1. The molecule has 0 aliphatic rings. The summed E-state index contributed by atoms with van der Waals surface area (Å²) in [6.07, 6.45) is 21.3. The van der Waals surface area contributed by atoms with E-state index in [1.54, 1.807) is 7.05 Å². The van der Waals surface area contributed by atoms with E-state index < -0.39 is 10.9 Å². The summed E-state index contributed by atoms with van der Waals surface area (Å²) in [5, 5.41) is 25.3. The van der Waals surface area contributed by atoms with Crippen molar-refractivity contribution in [3.8, 4) is 0 Å². The number of carbonyl (C=O) groups excluding carboxylic acids is 1. The smallest absolute Gasteiger partial charge is 0.305 e. The highest BCUT2D eigenvalue weighted by Gasteiger charge is 2.07. The van der Waals surface area contributed by atoms with Crippen LogP contribution in [0.5, 0.6) is 0 Å². The first-order chi connectivity index (χ1) is 19.9. The quantitative estimate of drug-likeness (QED) is 0.0355. The van der Waals surface area contributed by atoms with Gasteiger partial charge in [0.1, 0.15) is 0 Å². The molecular formula is C31H60N4O6. The second-order valence-electron chi connectivity index (χ2n) is 11.0. The minimum Gasteiger partial charge on any atom is -0.481 e. The van der Waals surface area contributed by atoms with Crippen molar-refractivity contribution in [2.45, 2.75) is 135 Å². The normalized spacial score (nSPS) is 11.5. The number of carboxylic acids is 1. The van der Waals surface area contributed by atoms with E-state index in [9.17, 15) is 19.7 Å². The SMILES string of the molecule is CCCCCCCCCOC(=O)CCCCCCCN(CCCCCCCC(=O)O)CCCNC(=C[N+](=O)[O-])NC. The lowest BCUT2D eigenvalue weighted by Crippen LogP contribution is -2.31. The third-order valence-corrected chi connectivity index (χ3v) is 7.20. The molecule has 0 aromatic rings. The predicted molar refractivity (Wildman–Crippen MR) is 165 cm³/mol. The van der Waals surface area contributed by atoms with Gasteiger partial charge in [-0.05, 0) is 58.2 Å². The van der Waals surface area contributed by atoms with Gasteiger partial charge in [0.2, 0.25) is 0 Å². The first-order valence-corrected chi connectivity index (χ1v) is 16.3. The van der Waals surface area contributed by atoms with E-state index in [1.807, 2.05) is 0 Å². The van der Waals surface area contributed by atoms with Gasteiger partial charge < -0.3 is 25.4 Å². The van der Waals surface area contributed by atoms with Crippen LogP contribution < -0.4 is 10.6 Å². The van der Waals surface area contributed by atoms with Crippen LogP contribution in [0.25, 0.3) is 0 Å². The van der Waals surface area contributed by atoms with Gasteiger partial charge >= 0.3 is 11.9 Å². The summed E-state index contributed by atoms with van der Waals surface area (Å²) in [6.45, 7) is 6.38. The zero-order chi connectivity index (χ0) is 30.4. The Morgan fingerprint density at radius 1 is 0.780 bits per heavy atom. The maximum Gasteiger partial charge on any atom is 0.305 e. The summed E-state index contributed by atoms with van der Waals surface area (Å²) < 4.78 is 5.38. The number of hydrogen-bond acceptors (Lipinski definition) is 8. The second kappa shape index (κ2) is 29.1. The number of carboxylic acid groups (broad SMARTS) is 1. The Bertz CT molecular complexity index is 690. The van der Waals surface area contributed by atoms with Crippen LogP contribution in [0.3, 0.4) is 0 Å². The first kappa shape index (κ1) is 38.6. The molecule has 10 nitrogen and oxygen atoms in total. The van der Waals surface area contributed by atoms with Crippen LogP contribution in [0.15, 0.2) is 12.0 Å². The molecule has 0 aliphatic carbocycles. The van der Waals surface area contributed by atoms with Gasteiger partial charge in [-0.3, -0.25) is 19.7 Å². The van der Waals surface area contributed by atoms with Crippen molar-refractivity contribution in [2.75, 3.05) is 39.8 Å². The van der Waals surface area contributed by atoms with Gasteiger partial charge in [-0.2, -0.15) is 0 Å². The van der Waals surface area contributed by atoms with Crippen molar-refractivity contribution in [3.05, 3.63) is 22.1 Å². The van der Waals surface area contributed by atoms with Crippen LogP contribution >= 0.6 is 0 Å². The molecular weight excluding hydrogens is 524 g/mol. The fourth-order valence-electron chi connectivity index (χ4n) is 4.76. The molecule has 0 aliphatic heterocycles. The summed E-state index contributed by atoms with van der Waals surface area (Å²) >= 11 is 0. The molecule has 0 unspecified atom stereocenters. The Labute approximate surface area is 249 Å². The van der Waals surface area contributed by atoms with Gasteiger partial charge in [-0.15, -0.1) is 0 Å². The van der Waals surface area contributed by atoms with Crippen LogP contribution in [0.2, 0.25) is 0 Å². The van der Waals surface area contributed by atoms with Crippen molar-refractivity contribution >= 4 is 11.9 Å². The van der Waals surface area contributed by atoms with Crippen molar-refractivity contribution in [1.82, 2.24) is 15.5 Å². The Balaban J connectivity index is 4.08. The summed E-state index contributed by atoms with van der Waals surface area (Å²) in [5.74, 6) is -0.379. The Hall–Kier alpha value is -2.36. The molecule has 0 aromatic heterocycles. The molecule has 0 heterocycles. The highest BCUT2D eigenvalue weighted by atomic mass is 16.6. The maximum absolute atomic E-state index is 11.9. The highest BCUT2D eigenvalue weighted by molar-refractivity contribution is 5.69. The van der Waals surface area contributed by atoms with Gasteiger partial charge in [-0.25, -0.2) is 0 Å². The van der Waals surface area contributed by atoms with E-state index in [4.69, 9.17) is 9.84 Å². The number of hydrogen-bond donors (Lipinski definition) is 3. The minimum absolute atomic E-state index is 0.0618. The fraction of sp³-hybridized carbons (Fsp3) is 0.871. The Morgan fingerprint density at radius 3 is 1.85 bits per heavy atom. The Morgan fingerprint density at radius 2 is 1.29 bits per heavy atom. The Kier molecular flexibility index (Phi) is 27.5. The molecule has 0 amide bonds. The van der Waals surface area contributed by atoms with Crippen LogP contribution in [0.4, 0.5) is 0 Å². The van der Waals surface area contributed by atoms with E-state index in [-0.39, 0.29) is 12.4 Å². The summed E-state index contributed by atoms with van der Waals surface area (Å²) in [6, 6.07) is 0. The standard InChI is InChI=1S/C31H60N4O6/c1-3-4-5-6-7-14-19-27-41-31(38)22-16-11-9-13-18-25-34(24-17-12-8-10-15-21-30(36)37)26-20-23-33-29(32-2)28-35(39)40/h28,32-33H,3-27H2,1-2H3,(H,36,37). The number of unbranched alkanes of at least 4 members (excludes halogenated alkanes) is 14. The third-order valence-electron chi connectivity index (χ3n) is 7.20. The number of nitrogens with one attached hydrogen (secondary N) is 2. The van der Waals surface area contributed by atoms with Crippen LogP contribution in [0.1, 0.15) is 135 Å². The molecule has 0 spiro atoms. The van der Waals surface area contributed by atoms with Gasteiger partial charge in [0.25, 0.3) is 6.20 Å². The number of nitrogens with zero attached hydrogens (tertiary/aromatic N) is 2. The monoisotopic (exact) mass is 584 g/mol. The van der Waals surface area contributed by atoms with Crippen LogP contribution in [0, 0.1) is 10.1 Å². The molecule has 41 heavy (non-hydrogen) atoms. The zero-order valence-corrected chi connectivity index (χ0v) is 26.1. The molecule has 0 fully saturated rings. The molecule has 0 saturated heterocycles. The topological polar surface area (TPSA) is 134 Å². The van der Waals surface area contributed by atoms with Crippen LogP contribution in [-0.2, 0) is 14.3 Å². The van der Waals surface area contributed by atoms with Gasteiger partial charge in [0, 0.05) is 26.4 Å². The second-order valence-corrected chi connectivity index (χ2v) is 11.0. The van der Waals surface area contributed by atoms with Gasteiger partial charge in [0.15, 0.2) is 5.82 Å². The van der Waals surface area contributed by atoms with Gasteiger partial charge in [-0.1, -0.05) is 84.0 Å². The first-order valence-electron chi connectivity index (χ1n) is 16.3. The van der Waals surface area contributed by atoms with Gasteiger partial charge in [0.05, 0.1) is 11.5 Å². The molecule has 0 atom stereocenters. The van der Waals surface area contributed by atoms with Crippen LogP contribution in [-0.4, -0.2) is 66.7 Å². The largest absolute Gasteiger partial charge is 0.481 e. The van der Waals surface area contributed by atoms with E-state index >= 15 is 0 Å².